The van der Waals surface area contributed by atoms with Crippen molar-refractivity contribution in [3.63, 3.8) is 0 Å². The molecule has 0 bridgehead atoms. The molecule has 0 aliphatic carbocycles. The van der Waals surface area contributed by atoms with Crippen molar-refractivity contribution in [2.24, 2.45) is 5.92 Å². The maximum atomic E-state index is 5.21. The van der Waals surface area contributed by atoms with E-state index in [0.717, 1.165) is 13.0 Å². The topological polar surface area (TPSA) is 21.3 Å². The molecule has 96 valence electrons. The van der Waals surface area contributed by atoms with E-state index in [-0.39, 0.29) is 0 Å². The summed E-state index contributed by atoms with van der Waals surface area (Å²) in [6.45, 7) is 7.39. The fourth-order valence-electron chi connectivity index (χ4n) is 2.29. The van der Waals surface area contributed by atoms with Gasteiger partial charge in [0.2, 0.25) is 0 Å². The van der Waals surface area contributed by atoms with Crippen molar-refractivity contribution in [2.45, 2.75) is 33.2 Å². The Morgan fingerprint density at radius 3 is 2.59 bits per heavy atom. The average Bonchev–Trinajstić information content (AvgIpc) is 2.30. The van der Waals surface area contributed by atoms with Crippen molar-refractivity contribution >= 4 is 0 Å². The van der Waals surface area contributed by atoms with Crippen molar-refractivity contribution in [1.29, 1.82) is 0 Å². The van der Waals surface area contributed by atoms with Crippen LogP contribution in [-0.2, 0) is 4.74 Å². The molecule has 0 aliphatic rings. The Morgan fingerprint density at radius 1 is 1.29 bits per heavy atom. The molecule has 0 aliphatic heterocycles. The second-order valence-corrected chi connectivity index (χ2v) is 5.00. The zero-order valence-corrected chi connectivity index (χ0v) is 11.7. The summed E-state index contributed by atoms with van der Waals surface area (Å²) in [5.41, 5.74) is 4.10. The van der Waals surface area contributed by atoms with Crippen LogP contribution in [0.4, 0.5) is 0 Å². The van der Waals surface area contributed by atoms with Gasteiger partial charge in [0.1, 0.15) is 0 Å². The van der Waals surface area contributed by atoms with Crippen LogP contribution in [0.3, 0.4) is 0 Å². The highest BCUT2D eigenvalue weighted by Gasteiger charge is 2.15. The second-order valence-electron chi connectivity index (χ2n) is 5.00. The average molecular weight is 235 g/mol. The van der Waals surface area contributed by atoms with Gasteiger partial charge in [0, 0.05) is 19.8 Å². The number of nitrogens with one attached hydrogen (secondary N) is 1. The third-order valence-electron chi connectivity index (χ3n) is 3.25. The molecule has 0 aromatic heterocycles. The van der Waals surface area contributed by atoms with Gasteiger partial charge in [0.15, 0.2) is 0 Å². The summed E-state index contributed by atoms with van der Waals surface area (Å²) in [5, 5.41) is 3.42. The van der Waals surface area contributed by atoms with Gasteiger partial charge in [-0.3, -0.25) is 0 Å². The molecule has 0 amide bonds. The van der Waals surface area contributed by atoms with Crippen LogP contribution in [0, 0.1) is 19.8 Å². The van der Waals surface area contributed by atoms with Gasteiger partial charge in [0.25, 0.3) is 0 Å². The predicted molar refractivity (Wildman–Crippen MR) is 73.4 cm³/mol. The van der Waals surface area contributed by atoms with Gasteiger partial charge in [-0.15, -0.1) is 0 Å². The Bertz CT molecular complexity index is 349. The first-order chi connectivity index (χ1) is 8.08. The molecule has 0 radical (unpaired) electrons. The highest BCUT2D eigenvalue weighted by Crippen LogP contribution is 2.25. The Hall–Kier alpha value is -0.860. The zero-order chi connectivity index (χ0) is 12.8. The van der Waals surface area contributed by atoms with E-state index in [1.165, 1.54) is 16.7 Å². The SMILES string of the molecule is CNC(CC(C)COC)c1cc(C)ccc1C. The summed E-state index contributed by atoms with van der Waals surface area (Å²) in [6.07, 6.45) is 1.11. The number of hydrogen-bond acceptors (Lipinski definition) is 2. The lowest BCUT2D eigenvalue weighted by Crippen LogP contribution is -2.21. The van der Waals surface area contributed by atoms with Crippen LogP contribution in [0.1, 0.15) is 36.1 Å². The molecule has 0 heterocycles. The van der Waals surface area contributed by atoms with E-state index in [4.69, 9.17) is 4.74 Å². The molecule has 0 fully saturated rings. The molecular weight excluding hydrogens is 210 g/mol. The molecule has 1 rings (SSSR count). The maximum absolute atomic E-state index is 5.21. The van der Waals surface area contributed by atoms with Gasteiger partial charge in [0.05, 0.1) is 0 Å². The zero-order valence-electron chi connectivity index (χ0n) is 11.7. The summed E-state index contributed by atoms with van der Waals surface area (Å²) in [5.74, 6) is 0.567. The van der Waals surface area contributed by atoms with Crippen LogP contribution >= 0.6 is 0 Å². The van der Waals surface area contributed by atoms with E-state index in [2.05, 4.69) is 44.3 Å². The van der Waals surface area contributed by atoms with Gasteiger partial charge in [-0.1, -0.05) is 30.7 Å². The van der Waals surface area contributed by atoms with Gasteiger partial charge in [-0.05, 0) is 44.4 Å². The third kappa shape index (κ3) is 4.14. The van der Waals surface area contributed by atoms with E-state index in [1.54, 1.807) is 7.11 Å². The van der Waals surface area contributed by atoms with Gasteiger partial charge >= 0.3 is 0 Å². The number of rotatable bonds is 6. The van der Waals surface area contributed by atoms with Crippen LogP contribution in [0.5, 0.6) is 0 Å². The highest BCUT2D eigenvalue weighted by molar-refractivity contribution is 5.33. The lowest BCUT2D eigenvalue weighted by atomic mass is 9.92. The Kier molecular flexibility index (Phi) is 5.66. The van der Waals surface area contributed by atoms with Crippen LogP contribution in [0.25, 0.3) is 0 Å². The fourth-order valence-corrected chi connectivity index (χ4v) is 2.29. The number of aryl methyl sites for hydroxylation is 2. The lowest BCUT2D eigenvalue weighted by molar-refractivity contribution is 0.150. The summed E-state index contributed by atoms with van der Waals surface area (Å²) < 4.78 is 5.21. The number of methoxy groups -OCH3 is 1. The first-order valence-electron chi connectivity index (χ1n) is 6.31. The smallest absolute Gasteiger partial charge is 0.0488 e. The summed E-state index contributed by atoms with van der Waals surface area (Å²) in [4.78, 5) is 0. The second kappa shape index (κ2) is 6.77. The lowest BCUT2D eigenvalue weighted by Gasteiger charge is -2.22. The Morgan fingerprint density at radius 2 is 2.00 bits per heavy atom. The summed E-state index contributed by atoms with van der Waals surface area (Å²) in [7, 11) is 3.80. The van der Waals surface area contributed by atoms with Crippen molar-refractivity contribution in [2.75, 3.05) is 20.8 Å². The molecule has 0 saturated heterocycles. The molecule has 17 heavy (non-hydrogen) atoms. The molecule has 1 aromatic rings. The predicted octanol–water partition coefficient (Wildman–Crippen LogP) is 3.24. The molecule has 0 spiro atoms. The summed E-state index contributed by atoms with van der Waals surface area (Å²) in [6, 6.07) is 7.08. The molecule has 1 N–H and O–H groups in total. The fraction of sp³-hybridized carbons (Fsp3) is 0.600. The largest absolute Gasteiger partial charge is 0.384 e. The Labute approximate surface area is 105 Å². The molecule has 0 saturated carbocycles. The monoisotopic (exact) mass is 235 g/mol. The van der Waals surface area contributed by atoms with E-state index in [9.17, 15) is 0 Å². The van der Waals surface area contributed by atoms with E-state index >= 15 is 0 Å². The van der Waals surface area contributed by atoms with Crippen molar-refractivity contribution in [1.82, 2.24) is 5.32 Å². The van der Waals surface area contributed by atoms with Crippen LogP contribution in [0.15, 0.2) is 18.2 Å². The quantitative estimate of drug-likeness (QED) is 0.817. The molecule has 1 aromatic carbocycles. The minimum atomic E-state index is 0.417. The number of ether oxygens (including phenoxy) is 1. The third-order valence-corrected chi connectivity index (χ3v) is 3.25. The van der Waals surface area contributed by atoms with E-state index in [0.29, 0.717) is 12.0 Å². The summed E-state index contributed by atoms with van der Waals surface area (Å²) >= 11 is 0. The van der Waals surface area contributed by atoms with Crippen LogP contribution in [0.2, 0.25) is 0 Å². The molecule has 2 unspecified atom stereocenters. The normalized spacial score (nSPS) is 14.6. The molecule has 2 atom stereocenters. The van der Waals surface area contributed by atoms with Crippen molar-refractivity contribution in [3.8, 4) is 0 Å². The van der Waals surface area contributed by atoms with E-state index in [1.807, 2.05) is 7.05 Å². The minimum Gasteiger partial charge on any atom is -0.384 e. The standard InChI is InChI=1S/C15H25NO/c1-11-6-7-13(3)14(8-11)15(16-4)9-12(2)10-17-5/h6-8,12,15-16H,9-10H2,1-5H3. The first-order valence-corrected chi connectivity index (χ1v) is 6.31. The van der Waals surface area contributed by atoms with Crippen molar-refractivity contribution in [3.05, 3.63) is 34.9 Å². The first kappa shape index (κ1) is 14.2. The maximum Gasteiger partial charge on any atom is 0.0488 e. The number of benzene rings is 1. The van der Waals surface area contributed by atoms with Crippen LogP contribution < -0.4 is 5.32 Å². The molecular formula is C15H25NO. The molecule has 2 nitrogen and oxygen atoms in total. The highest BCUT2D eigenvalue weighted by atomic mass is 16.5. The number of hydrogen-bond donors (Lipinski definition) is 1. The van der Waals surface area contributed by atoms with Crippen molar-refractivity contribution < 1.29 is 4.74 Å². The van der Waals surface area contributed by atoms with Crippen LogP contribution in [-0.4, -0.2) is 20.8 Å². The Balaban J connectivity index is 2.82. The van der Waals surface area contributed by atoms with Gasteiger partial charge in [-0.2, -0.15) is 0 Å². The van der Waals surface area contributed by atoms with Gasteiger partial charge < -0.3 is 10.1 Å². The van der Waals surface area contributed by atoms with E-state index < -0.39 is 0 Å². The minimum absolute atomic E-state index is 0.417. The molecule has 2 heteroatoms. The van der Waals surface area contributed by atoms with Gasteiger partial charge in [-0.25, -0.2) is 0 Å².